The normalized spacial score (nSPS) is 12.9. The van der Waals surface area contributed by atoms with Crippen LogP contribution >= 0.6 is 0 Å². The van der Waals surface area contributed by atoms with Gasteiger partial charge in [0.15, 0.2) is 0 Å². The van der Waals surface area contributed by atoms with Crippen LogP contribution in [0.25, 0.3) is 72.7 Å². The number of pyridine rings is 1. The molecular formula is C58H37N5. The Hall–Kier alpha value is -8.41. The third-order valence-corrected chi connectivity index (χ3v) is 13.0. The van der Waals surface area contributed by atoms with Crippen molar-refractivity contribution < 1.29 is 0 Å². The molecule has 2 aliphatic carbocycles. The average Bonchev–Trinajstić information content (AvgIpc) is 4.01. The Morgan fingerprint density at radius 3 is 1.59 bits per heavy atom. The fourth-order valence-electron chi connectivity index (χ4n) is 10.3. The smallest absolute Gasteiger partial charge is 0.137 e. The third-order valence-electron chi connectivity index (χ3n) is 13.0. The van der Waals surface area contributed by atoms with Crippen LogP contribution in [0.2, 0.25) is 0 Å². The van der Waals surface area contributed by atoms with Gasteiger partial charge in [-0.25, -0.2) is 15.0 Å². The van der Waals surface area contributed by atoms with E-state index in [0.717, 1.165) is 67.5 Å². The van der Waals surface area contributed by atoms with Gasteiger partial charge in [-0.2, -0.15) is 0 Å². The largest absolute Gasteiger partial charge is 0.310 e. The van der Waals surface area contributed by atoms with Crippen molar-refractivity contribution in [3.05, 3.63) is 247 Å². The highest BCUT2D eigenvalue weighted by molar-refractivity contribution is 5.98. The van der Waals surface area contributed by atoms with E-state index in [4.69, 9.17) is 15.0 Å². The molecule has 294 valence electrons. The quantitative estimate of drug-likeness (QED) is 0.168. The Balaban J connectivity index is 1.03. The lowest BCUT2D eigenvalue weighted by molar-refractivity contribution is 0.794. The summed E-state index contributed by atoms with van der Waals surface area (Å²) in [5.41, 5.74) is 21.2. The average molecular weight is 804 g/mol. The molecule has 8 aromatic carbocycles. The Labute approximate surface area is 364 Å². The number of nitrogens with zero attached hydrogens (tertiary/aromatic N) is 5. The molecule has 5 heteroatoms. The molecule has 0 fully saturated rings. The van der Waals surface area contributed by atoms with E-state index >= 15 is 0 Å². The molecule has 0 amide bonds. The maximum atomic E-state index is 5.37. The Morgan fingerprint density at radius 2 is 0.889 bits per heavy atom. The van der Waals surface area contributed by atoms with Crippen molar-refractivity contribution in [1.29, 1.82) is 0 Å². The second kappa shape index (κ2) is 13.8. The number of benzene rings is 8. The summed E-state index contributed by atoms with van der Waals surface area (Å²) >= 11 is 0. The first-order valence-corrected chi connectivity index (χ1v) is 21.4. The number of aromatic nitrogens is 4. The fraction of sp³-hybridized carbons (Fsp3) is 0.0172. The molecule has 3 heterocycles. The Kier molecular flexibility index (Phi) is 7.75. The minimum absolute atomic E-state index is 0.587. The predicted molar refractivity (Wildman–Crippen MR) is 256 cm³/mol. The van der Waals surface area contributed by atoms with Crippen molar-refractivity contribution in [2.45, 2.75) is 5.41 Å². The zero-order valence-electron chi connectivity index (χ0n) is 34.1. The molecule has 11 aromatic rings. The molecule has 3 aromatic heterocycles. The molecular weight excluding hydrogens is 767 g/mol. The fourth-order valence-corrected chi connectivity index (χ4v) is 10.3. The van der Waals surface area contributed by atoms with E-state index in [9.17, 15) is 0 Å². The van der Waals surface area contributed by atoms with Crippen molar-refractivity contribution in [3.8, 4) is 56.0 Å². The molecule has 1 spiro atoms. The van der Waals surface area contributed by atoms with Gasteiger partial charge in [0.05, 0.1) is 33.5 Å². The summed E-state index contributed by atoms with van der Waals surface area (Å²) < 4.78 is 2.07. The lowest BCUT2D eigenvalue weighted by Gasteiger charge is -2.32. The molecule has 2 aliphatic rings. The number of fused-ring (bicyclic) bond motifs is 12. The summed E-state index contributed by atoms with van der Waals surface area (Å²) in [6.45, 7) is 0. The number of anilines is 3. The topological polar surface area (TPSA) is 46.3 Å². The van der Waals surface area contributed by atoms with E-state index < -0.39 is 5.41 Å². The van der Waals surface area contributed by atoms with E-state index in [1.165, 1.54) is 44.5 Å². The summed E-state index contributed by atoms with van der Waals surface area (Å²) in [7, 11) is 0. The van der Waals surface area contributed by atoms with Crippen LogP contribution in [0.4, 0.5) is 17.1 Å². The highest BCUT2D eigenvalue weighted by Crippen LogP contribution is 2.64. The standard InChI is InChI=1S/C58H37N5/c1-3-15-39(16-4-1)56-57(61-53-24-12-11-23-52(53)60-56)40-28-32-46-47-33-31-43(36-51(47)58(50(46)35-40)48-21-9-7-19-44(48)45-20-8-10-22-49(45)58)63(41-17-5-2-6-18-41)42-29-26-38(27-30-42)54-37-62-34-14-13-25-55(62)59-54/h1-37H. The first kappa shape index (κ1) is 35.4. The molecule has 5 nitrogen and oxygen atoms in total. The van der Waals surface area contributed by atoms with Crippen molar-refractivity contribution in [1.82, 2.24) is 19.4 Å². The molecule has 0 atom stereocenters. The molecule has 0 N–H and O–H groups in total. The number of hydrogen-bond donors (Lipinski definition) is 0. The second-order valence-electron chi connectivity index (χ2n) is 16.4. The molecule has 0 saturated carbocycles. The zero-order chi connectivity index (χ0) is 41.5. The summed E-state index contributed by atoms with van der Waals surface area (Å²) in [6, 6.07) is 76.2. The minimum Gasteiger partial charge on any atom is -0.310 e. The van der Waals surface area contributed by atoms with E-state index in [1.807, 2.05) is 48.7 Å². The Bertz CT molecular complexity index is 3500. The van der Waals surface area contributed by atoms with Gasteiger partial charge in [-0.05, 0) is 111 Å². The van der Waals surface area contributed by atoms with Crippen LogP contribution in [0.1, 0.15) is 22.3 Å². The van der Waals surface area contributed by atoms with Crippen LogP contribution in [0.5, 0.6) is 0 Å². The van der Waals surface area contributed by atoms with Crippen LogP contribution < -0.4 is 4.90 Å². The van der Waals surface area contributed by atoms with Crippen LogP contribution in [0, 0.1) is 0 Å². The lowest BCUT2D eigenvalue weighted by atomic mass is 9.70. The van der Waals surface area contributed by atoms with Gasteiger partial charge < -0.3 is 9.30 Å². The van der Waals surface area contributed by atoms with Gasteiger partial charge in [0.1, 0.15) is 5.65 Å². The highest BCUT2D eigenvalue weighted by atomic mass is 15.1. The molecule has 13 rings (SSSR count). The minimum atomic E-state index is -0.587. The van der Waals surface area contributed by atoms with Crippen molar-refractivity contribution in [2.75, 3.05) is 4.90 Å². The molecule has 0 radical (unpaired) electrons. The van der Waals surface area contributed by atoms with Crippen molar-refractivity contribution in [3.63, 3.8) is 0 Å². The molecule has 0 unspecified atom stereocenters. The van der Waals surface area contributed by atoms with Crippen LogP contribution in [-0.4, -0.2) is 19.4 Å². The number of rotatable bonds is 6. The number of imidazole rings is 1. The zero-order valence-corrected chi connectivity index (χ0v) is 34.1. The van der Waals surface area contributed by atoms with Crippen LogP contribution in [0.3, 0.4) is 0 Å². The van der Waals surface area contributed by atoms with Gasteiger partial charge in [-0.15, -0.1) is 0 Å². The van der Waals surface area contributed by atoms with E-state index in [1.54, 1.807) is 0 Å². The summed E-state index contributed by atoms with van der Waals surface area (Å²) in [4.78, 5) is 17.9. The SMILES string of the molecule is c1ccc(-c2nc3ccccc3nc2-c2ccc3c(c2)C2(c4ccccc4-c4ccccc42)c2cc(N(c4ccccc4)c4ccc(-c5cn6ccccc6n5)cc4)ccc2-3)cc1. The maximum absolute atomic E-state index is 5.37. The predicted octanol–water partition coefficient (Wildman–Crippen LogP) is 14.1. The lowest BCUT2D eigenvalue weighted by Crippen LogP contribution is -2.26. The summed E-state index contributed by atoms with van der Waals surface area (Å²) in [5.74, 6) is 0. The van der Waals surface area contributed by atoms with Gasteiger partial charge in [-0.3, -0.25) is 0 Å². The monoisotopic (exact) mass is 803 g/mol. The van der Waals surface area contributed by atoms with Crippen LogP contribution in [-0.2, 0) is 5.41 Å². The number of para-hydroxylation sites is 3. The second-order valence-corrected chi connectivity index (χ2v) is 16.4. The first-order chi connectivity index (χ1) is 31.2. The highest BCUT2D eigenvalue weighted by Gasteiger charge is 2.52. The van der Waals surface area contributed by atoms with E-state index in [-0.39, 0.29) is 0 Å². The first-order valence-electron chi connectivity index (χ1n) is 21.4. The number of hydrogen-bond acceptors (Lipinski definition) is 4. The maximum Gasteiger partial charge on any atom is 0.137 e. The van der Waals surface area contributed by atoms with Gasteiger partial charge in [0.2, 0.25) is 0 Å². The third kappa shape index (κ3) is 5.33. The van der Waals surface area contributed by atoms with Crippen LogP contribution in [0.15, 0.2) is 225 Å². The molecule has 0 saturated heterocycles. The van der Waals surface area contributed by atoms with E-state index in [2.05, 4.69) is 185 Å². The molecule has 0 bridgehead atoms. The molecule has 0 aliphatic heterocycles. The van der Waals surface area contributed by atoms with Crippen molar-refractivity contribution in [2.24, 2.45) is 0 Å². The van der Waals surface area contributed by atoms with Gasteiger partial charge in [-0.1, -0.05) is 146 Å². The van der Waals surface area contributed by atoms with E-state index in [0.29, 0.717) is 0 Å². The van der Waals surface area contributed by atoms with Gasteiger partial charge in [0.25, 0.3) is 0 Å². The molecule has 63 heavy (non-hydrogen) atoms. The van der Waals surface area contributed by atoms with Gasteiger partial charge >= 0.3 is 0 Å². The van der Waals surface area contributed by atoms with Crippen molar-refractivity contribution >= 4 is 33.7 Å². The Morgan fingerprint density at radius 1 is 0.365 bits per heavy atom. The van der Waals surface area contributed by atoms with Gasteiger partial charge in [0, 0.05) is 46.1 Å². The summed E-state index contributed by atoms with van der Waals surface area (Å²) in [6.07, 6.45) is 4.13. The summed E-state index contributed by atoms with van der Waals surface area (Å²) in [5, 5.41) is 0.